The van der Waals surface area contributed by atoms with Crippen molar-refractivity contribution in [2.75, 3.05) is 39.6 Å². The van der Waals surface area contributed by atoms with E-state index in [-0.39, 0.29) is 13.2 Å². The first-order valence-electron chi connectivity index (χ1n) is 22.2. The Kier molecular flexibility index (Phi) is 42.9. The molecule has 328 valence electrons. The third-order valence-corrected chi connectivity index (χ3v) is 12.7. The molecule has 11 nitrogen and oxygen atoms in total. The van der Waals surface area contributed by atoms with Crippen molar-refractivity contribution in [3.63, 3.8) is 0 Å². The maximum Gasteiger partial charge on any atom is 0.483 e. The lowest BCUT2D eigenvalue weighted by Crippen LogP contribution is -2.37. The monoisotopic (exact) mass is 819 g/mol. The Balaban J connectivity index is 0. The Morgan fingerprint density at radius 2 is 0.574 bits per heavy atom. The fourth-order valence-corrected chi connectivity index (χ4v) is 8.37. The second-order valence-corrected chi connectivity index (χ2v) is 18.5. The molecule has 0 aromatic carbocycles. The Labute approximate surface area is 332 Å². The largest absolute Gasteiger partial charge is 0.483 e. The topological polar surface area (TPSA) is 183 Å². The first-order valence-corrected chi connectivity index (χ1v) is 25.2. The molecule has 0 amide bonds. The molecule has 0 aliphatic carbocycles. The summed E-state index contributed by atoms with van der Waals surface area (Å²) in [5.41, 5.74) is -1.11. The number of aliphatic hydroxyl groups is 4. The van der Waals surface area contributed by atoms with Gasteiger partial charge in [0.05, 0.1) is 45.1 Å². The van der Waals surface area contributed by atoms with Crippen LogP contribution in [0.25, 0.3) is 0 Å². The van der Waals surface area contributed by atoms with Gasteiger partial charge < -0.3 is 30.2 Å². The molecule has 0 aromatic heterocycles. The van der Waals surface area contributed by atoms with Gasteiger partial charge in [-0.05, 0) is 12.8 Å². The minimum Gasteiger partial charge on any atom is -0.396 e. The van der Waals surface area contributed by atoms with Crippen LogP contribution < -0.4 is 0 Å². The number of rotatable bonds is 42. The summed E-state index contributed by atoms with van der Waals surface area (Å²) in [6, 6.07) is 0. The van der Waals surface area contributed by atoms with Crippen molar-refractivity contribution in [1.29, 1.82) is 0 Å². The summed E-state index contributed by atoms with van der Waals surface area (Å²) in [6.45, 7) is 3.12. The molecule has 0 aliphatic heterocycles. The van der Waals surface area contributed by atoms with E-state index in [1.165, 1.54) is 167 Å². The van der Waals surface area contributed by atoms with Gasteiger partial charge in [-0.2, -0.15) is 4.31 Å². The van der Waals surface area contributed by atoms with Gasteiger partial charge in [-0.3, -0.25) is 9.05 Å². The van der Waals surface area contributed by atoms with E-state index in [1.54, 1.807) is 0 Å². The van der Waals surface area contributed by atoms with Crippen molar-refractivity contribution >= 4 is 15.6 Å². The van der Waals surface area contributed by atoms with E-state index < -0.39 is 47.5 Å². The minimum absolute atomic E-state index is 0.106. The number of hydrogen-bond donors (Lipinski definition) is 6. The highest BCUT2D eigenvalue weighted by molar-refractivity contribution is 7.61. The molecule has 0 heterocycles. The molecular formula is C41H88O11P2. The van der Waals surface area contributed by atoms with Crippen LogP contribution in [-0.4, -0.2) is 69.9 Å². The Hall–Kier alpha value is 0.100. The van der Waals surface area contributed by atoms with Crippen molar-refractivity contribution in [3.8, 4) is 0 Å². The van der Waals surface area contributed by atoms with E-state index in [4.69, 9.17) is 29.5 Å². The molecule has 0 fully saturated rings. The van der Waals surface area contributed by atoms with Crippen LogP contribution in [0.4, 0.5) is 0 Å². The van der Waals surface area contributed by atoms with E-state index in [0.29, 0.717) is 12.8 Å². The molecule has 0 rings (SSSR count). The Morgan fingerprint density at radius 1 is 0.370 bits per heavy atom. The second-order valence-electron chi connectivity index (χ2n) is 15.4. The molecule has 13 heteroatoms. The zero-order valence-electron chi connectivity index (χ0n) is 35.0. The van der Waals surface area contributed by atoms with Gasteiger partial charge in [-0.1, -0.05) is 206 Å². The van der Waals surface area contributed by atoms with Crippen molar-refractivity contribution in [2.45, 2.75) is 219 Å². The lowest BCUT2D eigenvalue weighted by molar-refractivity contribution is -0.0328. The first-order chi connectivity index (χ1) is 26.1. The number of phosphoric ester groups is 1. The standard InChI is InChI=1S/C36H76O7P2.C5H12O4/c1-3-5-7-9-11-13-15-17-19-21-23-25-27-29-31-33-35-41-45(40,43-44(37,38)39)42-36-34-32-30-28-26-24-22-20-18-16-14-12-10-8-6-4-2;6-1-5(2-7,3-8)4-9/h3-36H2,1-2H3,(H2,37,38,39);6-9H,1-4H2. The van der Waals surface area contributed by atoms with E-state index in [9.17, 15) is 18.9 Å². The number of unbranched alkanes of at least 4 members (excludes halogenated alkanes) is 30. The van der Waals surface area contributed by atoms with Crippen LogP contribution >= 0.6 is 15.6 Å². The molecule has 0 atom stereocenters. The molecule has 0 saturated heterocycles. The molecule has 0 unspecified atom stereocenters. The van der Waals surface area contributed by atoms with E-state index in [2.05, 4.69) is 18.2 Å². The Bertz CT molecular complexity index is 780. The maximum absolute atomic E-state index is 12.8. The normalized spacial score (nSPS) is 12.3. The highest BCUT2D eigenvalue weighted by atomic mass is 31.3. The number of aliphatic hydroxyl groups excluding tert-OH is 4. The van der Waals surface area contributed by atoms with Crippen LogP contribution in [0.1, 0.15) is 219 Å². The lowest BCUT2D eigenvalue weighted by atomic mass is 9.93. The summed E-state index contributed by atoms with van der Waals surface area (Å²) in [4.78, 5) is 18.4. The summed E-state index contributed by atoms with van der Waals surface area (Å²) in [5.74, 6) is 0. The van der Waals surface area contributed by atoms with Crippen molar-refractivity contribution in [2.24, 2.45) is 5.41 Å². The van der Waals surface area contributed by atoms with Crippen molar-refractivity contribution in [1.82, 2.24) is 0 Å². The highest BCUT2D eigenvalue weighted by Gasteiger charge is 2.35. The van der Waals surface area contributed by atoms with Crippen LogP contribution in [0.5, 0.6) is 0 Å². The van der Waals surface area contributed by atoms with Gasteiger partial charge >= 0.3 is 15.6 Å². The van der Waals surface area contributed by atoms with Crippen molar-refractivity contribution in [3.05, 3.63) is 0 Å². The molecule has 0 aliphatic rings. The van der Waals surface area contributed by atoms with Gasteiger partial charge in [-0.15, -0.1) is 0 Å². The molecular weight excluding hydrogens is 730 g/mol. The van der Waals surface area contributed by atoms with Crippen LogP contribution in [0.2, 0.25) is 0 Å². The summed E-state index contributed by atoms with van der Waals surface area (Å²) in [5, 5.41) is 34.0. The molecule has 0 spiro atoms. The van der Waals surface area contributed by atoms with Gasteiger partial charge in [-0.25, -0.2) is 9.13 Å². The fourth-order valence-electron chi connectivity index (χ4n) is 6.17. The van der Waals surface area contributed by atoms with Crippen LogP contribution in [0.15, 0.2) is 0 Å². The number of phosphoric acid groups is 2. The van der Waals surface area contributed by atoms with E-state index in [0.717, 1.165) is 25.7 Å². The van der Waals surface area contributed by atoms with Crippen LogP contribution in [-0.2, 0) is 22.5 Å². The van der Waals surface area contributed by atoms with Crippen molar-refractivity contribution < 1.29 is 52.7 Å². The average molecular weight is 819 g/mol. The lowest BCUT2D eigenvalue weighted by Gasteiger charge is -2.23. The second kappa shape index (κ2) is 41.3. The van der Waals surface area contributed by atoms with Gasteiger partial charge in [0.15, 0.2) is 0 Å². The third-order valence-electron chi connectivity index (χ3n) is 10.0. The molecule has 0 radical (unpaired) electrons. The summed E-state index contributed by atoms with van der Waals surface area (Å²) < 4.78 is 39.1. The van der Waals surface area contributed by atoms with Gasteiger partial charge in [0.2, 0.25) is 0 Å². The maximum atomic E-state index is 12.8. The molecule has 0 aromatic rings. The predicted molar refractivity (Wildman–Crippen MR) is 223 cm³/mol. The van der Waals surface area contributed by atoms with E-state index >= 15 is 0 Å². The molecule has 0 saturated carbocycles. The summed E-state index contributed by atoms with van der Waals surface area (Å²) in [7, 11) is -9.27. The third kappa shape index (κ3) is 40.3. The SMILES string of the molecule is CCCCCCCCCCCCCCCCCCOP(=O)(OCCCCCCCCCCCCCCCCCC)OP(=O)(O)O.OCC(CO)(CO)CO. The molecule has 54 heavy (non-hydrogen) atoms. The zero-order valence-corrected chi connectivity index (χ0v) is 36.8. The first kappa shape index (κ1) is 56.2. The fraction of sp³-hybridized carbons (Fsp3) is 1.00. The van der Waals surface area contributed by atoms with Crippen LogP contribution in [0, 0.1) is 5.41 Å². The highest BCUT2D eigenvalue weighted by Crippen LogP contribution is 2.61. The zero-order chi connectivity index (χ0) is 40.5. The number of hydrogen-bond acceptors (Lipinski definition) is 9. The molecule has 6 N–H and O–H groups in total. The predicted octanol–water partition coefficient (Wildman–Crippen LogP) is 11.7. The quantitative estimate of drug-likeness (QED) is 0.0254. The summed E-state index contributed by atoms with van der Waals surface area (Å²) in [6.07, 6.45) is 40.1. The summed E-state index contributed by atoms with van der Waals surface area (Å²) >= 11 is 0. The average Bonchev–Trinajstić information content (AvgIpc) is 3.15. The smallest absolute Gasteiger partial charge is 0.396 e. The molecule has 0 bridgehead atoms. The van der Waals surface area contributed by atoms with E-state index in [1.807, 2.05) is 0 Å². The van der Waals surface area contributed by atoms with Crippen LogP contribution in [0.3, 0.4) is 0 Å². The van der Waals surface area contributed by atoms with Gasteiger partial charge in [0, 0.05) is 0 Å². The van der Waals surface area contributed by atoms with Gasteiger partial charge in [0.25, 0.3) is 0 Å². The Morgan fingerprint density at radius 3 is 0.741 bits per heavy atom. The minimum atomic E-state index is -4.99. The van der Waals surface area contributed by atoms with Gasteiger partial charge in [0.1, 0.15) is 0 Å².